The van der Waals surface area contributed by atoms with Crippen molar-refractivity contribution in [2.75, 3.05) is 14.8 Å². The van der Waals surface area contributed by atoms with Crippen molar-refractivity contribution >= 4 is 43.1 Å². The summed E-state index contributed by atoms with van der Waals surface area (Å²) in [5.41, 5.74) is 0.985. The number of anilines is 2. The second-order valence-electron chi connectivity index (χ2n) is 6.42. The minimum absolute atomic E-state index is 0.0616. The topological polar surface area (TPSA) is 118 Å². The second-order valence-corrected chi connectivity index (χ2v) is 10.0. The Labute approximate surface area is 163 Å². The molecule has 0 aliphatic carbocycles. The zero-order valence-corrected chi connectivity index (χ0v) is 16.8. The summed E-state index contributed by atoms with van der Waals surface area (Å²) in [5, 5.41) is 0. The van der Waals surface area contributed by atoms with Crippen LogP contribution in [-0.4, -0.2) is 34.3 Å². The quantitative estimate of drug-likeness (QED) is 0.737. The van der Waals surface area contributed by atoms with Crippen molar-refractivity contribution in [1.29, 1.82) is 0 Å². The summed E-state index contributed by atoms with van der Waals surface area (Å²) in [6.07, 6.45) is -0.102. The summed E-state index contributed by atoms with van der Waals surface area (Å²) in [7, 11) is -7.71. The lowest BCUT2D eigenvalue weighted by Crippen LogP contribution is -2.29. The van der Waals surface area contributed by atoms with Crippen LogP contribution in [0.5, 0.6) is 0 Å². The molecule has 1 aliphatic rings. The normalized spacial score (nSPS) is 16.2. The molecule has 1 N–H and O–H groups in total. The standard InChI is InChI=1S/C18H18N2O6S2/c1-12-10-16(20-18(22)8-9-27(20,23)24)6-7-17(12)28(25,26)19-15-5-3-4-14(11-15)13(2)21/h3-7,10-11,19H,8-9H2,1-2H3. The van der Waals surface area contributed by atoms with Gasteiger partial charge in [0.15, 0.2) is 5.78 Å². The largest absolute Gasteiger partial charge is 0.295 e. The van der Waals surface area contributed by atoms with E-state index < -0.39 is 26.0 Å². The third-order valence-corrected chi connectivity index (χ3v) is 7.51. The predicted octanol–water partition coefficient (Wildman–Crippen LogP) is 2.06. The number of hydrogen-bond acceptors (Lipinski definition) is 6. The van der Waals surface area contributed by atoms with Crippen LogP contribution in [0.4, 0.5) is 11.4 Å². The molecule has 10 heteroatoms. The molecule has 0 bridgehead atoms. The highest BCUT2D eigenvalue weighted by Gasteiger charge is 2.36. The Morgan fingerprint density at radius 1 is 1.14 bits per heavy atom. The molecule has 0 spiro atoms. The maximum absolute atomic E-state index is 12.7. The van der Waals surface area contributed by atoms with Gasteiger partial charge in [-0.1, -0.05) is 12.1 Å². The first-order valence-corrected chi connectivity index (χ1v) is 11.4. The Kier molecular flexibility index (Phi) is 5.02. The molecule has 1 saturated heterocycles. The number of carbonyl (C=O) groups is 2. The Bertz CT molecular complexity index is 1190. The monoisotopic (exact) mass is 422 g/mol. The highest BCUT2D eigenvalue weighted by Crippen LogP contribution is 2.29. The highest BCUT2D eigenvalue weighted by atomic mass is 32.2. The number of benzene rings is 2. The molecule has 1 amide bonds. The number of carbonyl (C=O) groups excluding carboxylic acids is 2. The molecule has 1 fully saturated rings. The molecule has 0 aromatic heterocycles. The number of ketones is 1. The summed E-state index contributed by atoms with van der Waals surface area (Å²) in [4.78, 5) is 23.3. The molecule has 0 unspecified atom stereocenters. The van der Waals surface area contributed by atoms with Crippen LogP contribution in [0.25, 0.3) is 0 Å². The summed E-state index contributed by atoms with van der Waals surface area (Å²) >= 11 is 0. The fourth-order valence-corrected chi connectivity index (χ4v) is 5.67. The van der Waals surface area contributed by atoms with E-state index in [1.165, 1.54) is 44.2 Å². The van der Waals surface area contributed by atoms with Crippen molar-refractivity contribution < 1.29 is 26.4 Å². The molecule has 1 aliphatic heterocycles. The minimum Gasteiger partial charge on any atom is -0.295 e. The van der Waals surface area contributed by atoms with Gasteiger partial charge < -0.3 is 0 Å². The van der Waals surface area contributed by atoms with Gasteiger partial charge >= 0.3 is 0 Å². The van der Waals surface area contributed by atoms with E-state index in [9.17, 15) is 26.4 Å². The molecule has 28 heavy (non-hydrogen) atoms. The van der Waals surface area contributed by atoms with Crippen LogP contribution in [0.15, 0.2) is 47.4 Å². The van der Waals surface area contributed by atoms with Gasteiger partial charge in [-0.3, -0.25) is 14.3 Å². The van der Waals surface area contributed by atoms with Gasteiger partial charge in [0.25, 0.3) is 10.0 Å². The van der Waals surface area contributed by atoms with Crippen LogP contribution < -0.4 is 9.03 Å². The van der Waals surface area contributed by atoms with E-state index in [0.717, 1.165) is 0 Å². The molecular formula is C18H18N2O6S2. The fraction of sp³-hybridized carbons (Fsp3) is 0.222. The molecule has 148 valence electrons. The van der Waals surface area contributed by atoms with Gasteiger partial charge in [0, 0.05) is 17.7 Å². The van der Waals surface area contributed by atoms with Crippen LogP contribution in [0, 0.1) is 6.92 Å². The SMILES string of the molecule is CC(=O)c1cccc(NS(=O)(=O)c2ccc(N3C(=O)CCS3(=O)=O)cc2C)c1. The summed E-state index contributed by atoms with van der Waals surface area (Å²) in [5.74, 6) is -1.01. The molecule has 0 radical (unpaired) electrons. The van der Waals surface area contributed by atoms with Crippen molar-refractivity contribution in [3.8, 4) is 0 Å². The third-order valence-electron chi connectivity index (χ3n) is 4.28. The molecule has 2 aromatic rings. The molecule has 8 nitrogen and oxygen atoms in total. The van der Waals surface area contributed by atoms with E-state index in [4.69, 9.17) is 0 Å². The molecule has 3 rings (SSSR count). The number of sulfonamides is 2. The molecule has 0 atom stereocenters. The number of rotatable bonds is 5. The van der Waals surface area contributed by atoms with Gasteiger partial charge in [-0.15, -0.1) is 0 Å². The van der Waals surface area contributed by atoms with E-state index in [-0.39, 0.29) is 39.8 Å². The Hall–Kier alpha value is -2.72. The van der Waals surface area contributed by atoms with Crippen molar-refractivity contribution in [2.45, 2.75) is 25.2 Å². The van der Waals surface area contributed by atoms with Gasteiger partial charge in [0.2, 0.25) is 15.9 Å². The number of Topliss-reactive ketones (excluding diaryl/α,β-unsaturated/α-hetero) is 1. The Balaban J connectivity index is 1.94. The van der Waals surface area contributed by atoms with Crippen molar-refractivity contribution in [2.24, 2.45) is 0 Å². The zero-order chi connectivity index (χ0) is 20.7. The highest BCUT2D eigenvalue weighted by molar-refractivity contribution is 7.94. The first-order chi connectivity index (χ1) is 13.0. The van der Waals surface area contributed by atoms with Crippen molar-refractivity contribution in [1.82, 2.24) is 0 Å². The number of nitrogens with one attached hydrogen (secondary N) is 1. The summed E-state index contributed by atoms with van der Waals surface area (Å²) < 4.78 is 52.7. The van der Waals surface area contributed by atoms with Crippen molar-refractivity contribution in [3.05, 3.63) is 53.6 Å². The maximum atomic E-state index is 12.7. The zero-order valence-electron chi connectivity index (χ0n) is 15.2. The van der Waals surface area contributed by atoms with Crippen LogP contribution >= 0.6 is 0 Å². The van der Waals surface area contributed by atoms with Crippen LogP contribution in [-0.2, 0) is 24.8 Å². The third kappa shape index (κ3) is 3.78. The Morgan fingerprint density at radius 2 is 1.86 bits per heavy atom. The molecular weight excluding hydrogens is 404 g/mol. The van der Waals surface area contributed by atoms with E-state index in [1.807, 2.05) is 0 Å². The number of hydrogen-bond donors (Lipinski definition) is 1. The van der Waals surface area contributed by atoms with Gasteiger partial charge in [-0.05, 0) is 49.7 Å². The van der Waals surface area contributed by atoms with E-state index in [2.05, 4.69) is 4.72 Å². The fourth-order valence-electron chi connectivity index (χ4n) is 2.94. The Morgan fingerprint density at radius 3 is 2.43 bits per heavy atom. The number of nitrogens with zero attached hydrogens (tertiary/aromatic N) is 1. The van der Waals surface area contributed by atoms with Crippen molar-refractivity contribution in [3.63, 3.8) is 0 Å². The lowest BCUT2D eigenvalue weighted by molar-refractivity contribution is -0.116. The van der Waals surface area contributed by atoms with E-state index in [1.54, 1.807) is 12.1 Å². The smallest absolute Gasteiger partial charge is 0.262 e. The first-order valence-electron chi connectivity index (χ1n) is 8.31. The van der Waals surface area contributed by atoms with E-state index >= 15 is 0 Å². The van der Waals surface area contributed by atoms with Gasteiger partial charge in [0.1, 0.15) is 0 Å². The van der Waals surface area contributed by atoms with Gasteiger partial charge in [0.05, 0.1) is 16.3 Å². The first kappa shape index (κ1) is 20.0. The summed E-state index contributed by atoms with van der Waals surface area (Å²) in [6.45, 7) is 2.89. The van der Waals surface area contributed by atoms with Crippen LogP contribution in [0.3, 0.4) is 0 Å². The van der Waals surface area contributed by atoms with Gasteiger partial charge in [-0.25, -0.2) is 21.1 Å². The second kappa shape index (κ2) is 7.02. The van der Waals surface area contributed by atoms with Gasteiger partial charge in [-0.2, -0.15) is 0 Å². The lowest BCUT2D eigenvalue weighted by Gasteiger charge is -2.17. The van der Waals surface area contributed by atoms with E-state index in [0.29, 0.717) is 9.87 Å². The number of aryl methyl sites for hydroxylation is 1. The summed E-state index contributed by atoms with van der Waals surface area (Å²) in [6, 6.07) is 9.98. The molecule has 1 heterocycles. The average molecular weight is 422 g/mol. The molecule has 0 saturated carbocycles. The predicted molar refractivity (Wildman–Crippen MR) is 104 cm³/mol. The maximum Gasteiger partial charge on any atom is 0.262 e. The lowest BCUT2D eigenvalue weighted by atomic mass is 10.1. The molecule has 2 aromatic carbocycles. The average Bonchev–Trinajstić information content (AvgIpc) is 2.87. The minimum atomic E-state index is -3.98. The van der Waals surface area contributed by atoms with Crippen LogP contribution in [0.2, 0.25) is 0 Å². The van der Waals surface area contributed by atoms with Crippen LogP contribution in [0.1, 0.15) is 29.3 Å². The number of amides is 1.